The van der Waals surface area contributed by atoms with Crippen LogP contribution in [0.1, 0.15) is 35.3 Å². The molecular weight excluding hydrogens is 446 g/mol. The van der Waals surface area contributed by atoms with Crippen LogP contribution in [0, 0.1) is 11.3 Å². The van der Waals surface area contributed by atoms with Gasteiger partial charge in [0.25, 0.3) is 0 Å². The topological polar surface area (TPSA) is 113 Å². The predicted molar refractivity (Wildman–Crippen MR) is 127 cm³/mol. The number of carbonyl (C=O) groups is 1. The largest absolute Gasteiger partial charge is 0.497 e. The van der Waals surface area contributed by atoms with Crippen molar-refractivity contribution in [3.8, 4) is 23.4 Å². The Morgan fingerprint density at radius 1 is 1.26 bits per heavy atom. The Morgan fingerprint density at radius 2 is 2.11 bits per heavy atom. The number of fused-ring (bicyclic) bond motifs is 6. The van der Waals surface area contributed by atoms with Gasteiger partial charge in [-0.3, -0.25) is 14.3 Å². The molecule has 174 valence electrons. The Morgan fingerprint density at radius 3 is 2.91 bits per heavy atom. The molecule has 2 bridgehead atoms. The summed E-state index contributed by atoms with van der Waals surface area (Å²) < 4.78 is 8.12. The standard InChI is InChI=1S/C26H21N5O4/c1-35-18-5-2-4-15(10-18)11-22(32)29-14-17-12-21(29)24-25(33)31(26(34)30(17)24)20-8-7-16(13-27)23-19(20)6-3-9-28-23/h2-10,17,21,33H,11-12,14H2,1H3/t17-,21-/m0/s1. The molecule has 1 fully saturated rings. The number of nitrogens with zero attached hydrogens (tertiary/aromatic N) is 5. The van der Waals surface area contributed by atoms with E-state index in [1.54, 1.807) is 47.0 Å². The highest BCUT2D eigenvalue weighted by Gasteiger charge is 2.49. The van der Waals surface area contributed by atoms with E-state index < -0.39 is 0 Å². The normalized spacial score (nSPS) is 18.0. The van der Waals surface area contributed by atoms with Crippen molar-refractivity contribution in [1.82, 2.24) is 19.0 Å². The van der Waals surface area contributed by atoms with Crippen molar-refractivity contribution in [1.29, 1.82) is 5.26 Å². The third-order valence-electron chi connectivity index (χ3n) is 6.98. The minimum absolute atomic E-state index is 0.0652. The summed E-state index contributed by atoms with van der Waals surface area (Å²) in [4.78, 5) is 32.7. The van der Waals surface area contributed by atoms with Gasteiger partial charge in [0.2, 0.25) is 11.8 Å². The predicted octanol–water partition coefficient (Wildman–Crippen LogP) is 2.84. The van der Waals surface area contributed by atoms with Crippen LogP contribution in [0.5, 0.6) is 11.6 Å². The molecule has 1 N–H and O–H groups in total. The average molecular weight is 467 g/mol. The zero-order valence-electron chi connectivity index (χ0n) is 18.9. The fourth-order valence-electron chi connectivity index (χ4n) is 5.44. The fraction of sp³-hybridized carbons (Fsp3) is 0.231. The molecule has 0 spiro atoms. The Balaban J connectivity index is 1.39. The fourth-order valence-corrected chi connectivity index (χ4v) is 5.44. The summed E-state index contributed by atoms with van der Waals surface area (Å²) in [5, 5.41) is 21.3. The van der Waals surface area contributed by atoms with Crippen molar-refractivity contribution in [2.45, 2.75) is 24.9 Å². The number of aromatic hydroxyl groups is 1. The summed E-state index contributed by atoms with van der Waals surface area (Å²) in [7, 11) is 1.58. The summed E-state index contributed by atoms with van der Waals surface area (Å²) in [6.07, 6.45) is 2.39. The minimum Gasteiger partial charge on any atom is -0.497 e. The van der Waals surface area contributed by atoms with Crippen LogP contribution in [0.3, 0.4) is 0 Å². The monoisotopic (exact) mass is 467 g/mol. The van der Waals surface area contributed by atoms with Crippen molar-refractivity contribution in [2.24, 2.45) is 0 Å². The van der Waals surface area contributed by atoms with Gasteiger partial charge >= 0.3 is 5.69 Å². The van der Waals surface area contributed by atoms with Crippen molar-refractivity contribution in [3.05, 3.63) is 82.0 Å². The Kier molecular flexibility index (Phi) is 4.64. The number of pyridine rings is 1. The molecule has 1 amide bonds. The van der Waals surface area contributed by atoms with Crippen LogP contribution >= 0.6 is 0 Å². The van der Waals surface area contributed by atoms with E-state index in [-0.39, 0.29) is 36.0 Å². The number of amides is 1. The lowest BCUT2D eigenvalue weighted by atomic mass is 10.1. The van der Waals surface area contributed by atoms with Crippen molar-refractivity contribution < 1.29 is 14.6 Å². The Labute approximate surface area is 200 Å². The molecule has 2 atom stereocenters. The van der Waals surface area contributed by atoms with E-state index in [4.69, 9.17) is 4.74 Å². The van der Waals surface area contributed by atoms with Gasteiger partial charge in [0.05, 0.1) is 42.4 Å². The van der Waals surface area contributed by atoms with Gasteiger partial charge in [-0.05, 0) is 48.4 Å². The number of likely N-dealkylation sites (tertiary alicyclic amines) is 1. The first-order valence-corrected chi connectivity index (χ1v) is 11.3. The third kappa shape index (κ3) is 3.03. The number of benzene rings is 2. The molecule has 0 saturated carbocycles. The van der Waals surface area contributed by atoms with E-state index in [9.17, 15) is 20.0 Å². The molecule has 1 saturated heterocycles. The number of aromatic nitrogens is 3. The van der Waals surface area contributed by atoms with Gasteiger partial charge in [0.15, 0.2) is 0 Å². The van der Waals surface area contributed by atoms with Crippen molar-refractivity contribution in [2.75, 3.05) is 13.7 Å². The lowest BCUT2D eigenvalue weighted by molar-refractivity contribution is -0.132. The number of imidazole rings is 1. The highest BCUT2D eigenvalue weighted by atomic mass is 16.5. The molecule has 2 aliphatic heterocycles. The van der Waals surface area contributed by atoms with E-state index in [1.807, 2.05) is 24.3 Å². The van der Waals surface area contributed by atoms with Crippen LogP contribution in [0.4, 0.5) is 0 Å². The zero-order valence-corrected chi connectivity index (χ0v) is 18.9. The second-order valence-electron chi connectivity index (χ2n) is 8.82. The summed E-state index contributed by atoms with van der Waals surface area (Å²) in [6.45, 7) is 0.416. The van der Waals surface area contributed by atoms with Gasteiger partial charge in [0.1, 0.15) is 17.5 Å². The molecule has 2 aromatic carbocycles. The smallest absolute Gasteiger partial charge is 0.336 e. The molecule has 2 aliphatic rings. The van der Waals surface area contributed by atoms with Crippen molar-refractivity contribution in [3.63, 3.8) is 0 Å². The van der Waals surface area contributed by atoms with Crippen LogP contribution in [0.15, 0.2) is 59.5 Å². The molecule has 2 aromatic heterocycles. The molecule has 4 heterocycles. The van der Waals surface area contributed by atoms with Gasteiger partial charge in [-0.2, -0.15) is 5.26 Å². The molecule has 9 nitrogen and oxygen atoms in total. The molecule has 0 unspecified atom stereocenters. The maximum Gasteiger partial charge on any atom is 0.336 e. The van der Waals surface area contributed by atoms with Gasteiger partial charge in [0, 0.05) is 18.1 Å². The van der Waals surface area contributed by atoms with Crippen LogP contribution in [0.2, 0.25) is 0 Å². The number of hydrogen-bond donors (Lipinski definition) is 1. The van der Waals surface area contributed by atoms with Gasteiger partial charge in [-0.1, -0.05) is 12.1 Å². The number of nitriles is 1. The van der Waals surface area contributed by atoms with Crippen LogP contribution < -0.4 is 10.4 Å². The van der Waals surface area contributed by atoms with E-state index in [2.05, 4.69) is 11.1 Å². The first kappa shape index (κ1) is 21.0. The van der Waals surface area contributed by atoms with Gasteiger partial charge in [-0.25, -0.2) is 9.36 Å². The zero-order chi connectivity index (χ0) is 24.3. The summed E-state index contributed by atoms with van der Waals surface area (Å²) >= 11 is 0. The van der Waals surface area contributed by atoms with Gasteiger partial charge < -0.3 is 14.7 Å². The van der Waals surface area contributed by atoms with Crippen molar-refractivity contribution >= 4 is 16.8 Å². The Bertz CT molecular complexity index is 1610. The molecular formula is C26H21N5O4. The molecule has 35 heavy (non-hydrogen) atoms. The number of carbonyl (C=O) groups excluding carboxylic acids is 1. The lowest BCUT2D eigenvalue weighted by Gasteiger charge is -2.27. The first-order valence-electron chi connectivity index (χ1n) is 11.3. The number of ether oxygens (including phenoxy) is 1. The second-order valence-corrected chi connectivity index (χ2v) is 8.82. The van der Waals surface area contributed by atoms with E-state index in [0.29, 0.717) is 46.6 Å². The molecule has 9 heteroatoms. The lowest BCUT2D eigenvalue weighted by Crippen LogP contribution is -2.38. The van der Waals surface area contributed by atoms with E-state index in [0.717, 1.165) is 5.56 Å². The van der Waals surface area contributed by atoms with Crippen LogP contribution in [0.25, 0.3) is 16.6 Å². The first-order chi connectivity index (χ1) is 17.0. The maximum absolute atomic E-state index is 13.5. The highest BCUT2D eigenvalue weighted by molar-refractivity contribution is 5.91. The second kappa shape index (κ2) is 7.74. The number of methoxy groups -OCH3 is 1. The van der Waals surface area contributed by atoms with Gasteiger partial charge in [-0.15, -0.1) is 0 Å². The molecule has 4 aromatic rings. The summed E-state index contributed by atoms with van der Waals surface area (Å²) in [5.41, 5.74) is 2.23. The SMILES string of the molecule is COc1cccc(CC(=O)N2C[C@@H]3C[C@H]2c2c(O)n(-c4ccc(C#N)c5ncccc45)c(=O)n23)c1. The summed E-state index contributed by atoms with van der Waals surface area (Å²) in [6, 6.07) is 15.7. The maximum atomic E-state index is 13.5. The van der Waals surface area contributed by atoms with Crippen LogP contribution in [-0.4, -0.2) is 43.7 Å². The molecule has 0 aliphatic carbocycles. The quantitative estimate of drug-likeness (QED) is 0.494. The number of rotatable bonds is 4. The molecule has 0 radical (unpaired) electrons. The van der Waals surface area contributed by atoms with E-state index >= 15 is 0 Å². The van der Waals surface area contributed by atoms with E-state index in [1.165, 1.54) is 4.57 Å². The molecule has 6 rings (SSSR count). The Hall–Kier alpha value is -4.58. The minimum atomic E-state index is -0.380. The number of hydrogen-bond acceptors (Lipinski definition) is 6. The summed E-state index contributed by atoms with van der Waals surface area (Å²) in [5.74, 6) is 0.437. The average Bonchev–Trinajstić information content (AvgIpc) is 3.55. The third-order valence-corrected chi connectivity index (χ3v) is 6.98. The van der Waals surface area contributed by atoms with Crippen LogP contribution in [-0.2, 0) is 11.2 Å². The highest BCUT2D eigenvalue weighted by Crippen LogP contribution is 2.49.